The number of aryl methyl sites for hydroxylation is 1. The molecule has 2 aromatic heterocycles. The van der Waals surface area contributed by atoms with Crippen LogP contribution in [0.15, 0.2) is 16.9 Å². The number of pyridine rings is 1. The van der Waals surface area contributed by atoms with Crippen molar-refractivity contribution in [3.63, 3.8) is 0 Å². The third kappa shape index (κ3) is 3.11. The molecule has 3 heterocycles. The molecule has 1 aliphatic rings. The van der Waals surface area contributed by atoms with Crippen LogP contribution in [-0.4, -0.2) is 25.8 Å². The van der Waals surface area contributed by atoms with Crippen LogP contribution in [0.3, 0.4) is 0 Å². The number of rotatable bonds is 3. The molecular weight excluding hydrogens is 292 g/mol. The molecule has 0 bridgehead atoms. The first-order valence-corrected chi connectivity index (χ1v) is 7.90. The topological polar surface area (TPSA) is 99.4 Å². The summed E-state index contributed by atoms with van der Waals surface area (Å²) in [6, 6.07) is 6.07. The maximum Gasteiger partial charge on any atom is 0.343 e. The molecule has 1 atom stereocenters. The van der Waals surface area contributed by atoms with Gasteiger partial charge in [0.1, 0.15) is 17.7 Å². The van der Waals surface area contributed by atoms with Gasteiger partial charge in [-0.25, -0.2) is 14.9 Å². The number of nitrogens with zero attached hydrogens (tertiary/aromatic N) is 4. The molecule has 0 aliphatic carbocycles. The summed E-state index contributed by atoms with van der Waals surface area (Å²) in [7, 11) is 0. The molecule has 7 heteroatoms. The monoisotopic (exact) mass is 312 g/mol. The van der Waals surface area contributed by atoms with E-state index in [-0.39, 0.29) is 11.7 Å². The van der Waals surface area contributed by atoms with Gasteiger partial charge in [-0.3, -0.25) is 4.57 Å². The number of nitriles is 1. The highest BCUT2D eigenvalue weighted by atomic mass is 16.1. The Morgan fingerprint density at radius 1 is 1.43 bits per heavy atom. The van der Waals surface area contributed by atoms with Gasteiger partial charge in [0.05, 0.1) is 5.56 Å². The summed E-state index contributed by atoms with van der Waals surface area (Å²) in [6.07, 6.45) is 2.37. The Bertz CT molecular complexity index is 798. The van der Waals surface area contributed by atoms with Crippen molar-refractivity contribution in [1.82, 2.24) is 19.7 Å². The lowest BCUT2D eigenvalue weighted by atomic mass is 10.1. The van der Waals surface area contributed by atoms with Crippen molar-refractivity contribution in [1.29, 1.82) is 5.26 Å². The van der Waals surface area contributed by atoms with Crippen molar-refractivity contribution in [2.75, 3.05) is 5.32 Å². The second-order valence-electron chi connectivity index (χ2n) is 6.16. The summed E-state index contributed by atoms with van der Waals surface area (Å²) >= 11 is 0. The van der Waals surface area contributed by atoms with E-state index in [2.05, 4.69) is 40.4 Å². The van der Waals surface area contributed by atoms with Gasteiger partial charge in [-0.05, 0) is 30.9 Å². The lowest BCUT2D eigenvalue weighted by Gasteiger charge is -2.18. The van der Waals surface area contributed by atoms with E-state index in [1.165, 1.54) is 0 Å². The van der Waals surface area contributed by atoms with E-state index in [0.717, 1.165) is 30.8 Å². The summed E-state index contributed by atoms with van der Waals surface area (Å²) in [5.74, 6) is 1.74. The second kappa shape index (κ2) is 6.24. The molecule has 0 radical (unpaired) electrons. The Kier molecular flexibility index (Phi) is 4.15. The van der Waals surface area contributed by atoms with E-state index in [1.54, 1.807) is 4.57 Å². The van der Waals surface area contributed by atoms with Crippen LogP contribution in [-0.2, 0) is 13.0 Å². The number of aromatic nitrogens is 4. The highest BCUT2D eigenvalue weighted by molar-refractivity contribution is 5.53. The van der Waals surface area contributed by atoms with Crippen molar-refractivity contribution in [2.24, 2.45) is 0 Å². The van der Waals surface area contributed by atoms with E-state index in [0.29, 0.717) is 23.8 Å². The van der Waals surface area contributed by atoms with Crippen molar-refractivity contribution < 1.29 is 0 Å². The summed E-state index contributed by atoms with van der Waals surface area (Å²) in [5.41, 5.74) is 1.36. The average Bonchev–Trinajstić information content (AvgIpc) is 2.77. The van der Waals surface area contributed by atoms with Crippen LogP contribution in [0.1, 0.15) is 49.7 Å². The predicted molar refractivity (Wildman–Crippen MR) is 86.2 cm³/mol. The van der Waals surface area contributed by atoms with Crippen LogP contribution in [0.2, 0.25) is 0 Å². The van der Waals surface area contributed by atoms with E-state index < -0.39 is 0 Å². The van der Waals surface area contributed by atoms with Crippen molar-refractivity contribution in [3.8, 4) is 6.07 Å². The Morgan fingerprint density at radius 2 is 2.26 bits per heavy atom. The summed E-state index contributed by atoms with van der Waals surface area (Å²) in [4.78, 5) is 16.3. The first kappa shape index (κ1) is 15.3. The third-order valence-electron chi connectivity index (χ3n) is 4.22. The van der Waals surface area contributed by atoms with Gasteiger partial charge in [-0.2, -0.15) is 10.4 Å². The molecule has 23 heavy (non-hydrogen) atoms. The summed E-state index contributed by atoms with van der Waals surface area (Å²) in [6.45, 7) is 4.78. The number of fused-ring (bicyclic) bond motifs is 1. The first-order chi connectivity index (χ1) is 11.1. The van der Waals surface area contributed by atoms with Crippen molar-refractivity contribution in [3.05, 3.63) is 39.7 Å². The fourth-order valence-corrected chi connectivity index (χ4v) is 2.84. The Morgan fingerprint density at radius 3 is 3.00 bits per heavy atom. The highest BCUT2D eigenvalue weighted by Crippen LogP contribution is 2.21. The maximum absolute atomic E-state index is 11.7. The first-order valence-electron chi connectivity index (χ1n) is 7.90. The van der Waals surface area contributed by atoms with E-state index in [1.807, 2.05) is 12.1 Å². The smallest absolute Gasteiger partial charge is 0.343 e. The predicted octanol–water partition coefficient (Wildman–Crippen LogP) is 1.78. The molecule has 0 saturated carbocycles. The van der Waals surface area contributed by atoms with Gasteiger partial charge in [-0.1, -0.05) is 13.8 Å². The molecule has 0 saturated heterocycles. The average molecular weight is 312 g/mol. The molecule has 2 N–H and O–H groups in total. The zero-order valence-electron chi connectivity index (χ0n) is 13.3. The second-order valence-corrected chi connectivity index (χ2v) is 6.16. The minimum absolute atomic E-state index is 0.154. The molecule has 0 amide bonds. The number of H-pyrrole nitrogens is 1. The molecule has 7 nitrogen and oxygen atoms in total. The zero-order valence-corrected chi connectivity index (χ0v) is 13.3. The molecule has 0 spiro atoms. The van der Waals surface area contributed by atoms with Gasteiger partial charge < -0.3 is 5.32 Å². The normalized spacial score (nSPS) is 17.4. The molecule has 3 rings (SSSR count). The number of anilines is 1. The minimum atomic E-state index is -0.154. The Balaban J connectivity index is 1.79. The van der Waals surface area contributed by atoms with Gasteiger partial charge in [-0.15, -0.1) is 0 Å². The van der Waals surface area contributed by atoms with Crippen LogP contribution in [0.4, 0.5) is 5.82 Å². The Labute approximate surface area is 134 Å². The Hall–Kier alpha value is -2.62. The quantitative estimate of drug-likeness (QED) is 0.900. The third-order valence-corrected chi connectivity index (χ3v) is 4.22. The van der Waals surface area contributed by atoms with Gasteiger partial charge in [0.15, 0.2) is 0 Å². The van der Waals surface area contributed by atoms with Gasteiger partial charge in [0.2, 0.25) is 0 Å². The number of aromatic amines is 1. The molecule has 2 aromatic rings. The van der Waals surface area contributed by atoms with E-state index in [9.17, 15) is 10.1 Å². The van der Waals surface area contributed by atoms with Gasteiger partial charge >= 0.3 is 5.69 Å². The fourth-order valence-electron chi connectivity index (χ4n) is 2.84. The minimum Gasteiger partial charge on any atom is -0.366 e. The van der Waals surface area contributed by atoms with Crippen LogP contribution in [0.25, 0.3) is 0 Å². The molecule has 120 valence electrons. The highest BCUT2D eigenvalue weighted by Gasteiger charge is 2.20. The van der Waals surface area contributed by atoms with Gasteiger partial charge in [0.25, 0.3) is 0 Å². The standard InChI is InChI=1S/C16H20N6O/c1-10(2)13-5-3-11(9-17)15(19-13)18-12-4-6-14-20-21-16(23)22(14)8-7-12/h3,5,10,12H,4,6-8H2,1-2H3,(H,18,19)(H,21,23). The van der Waals surface area contributed by atoms with Gasteiger partial charge in [0, 0.05) is 24.7 Å². The molecule has 1 unspecified atom stereocenters. The van der Waals surface area contributed by atoms with E-state index >= 15 is 0 Å². The van der Waals surface area contributed by atoms with Crippen molar-refractivity contribution in [2.45, 2.75) is 51.6 Å². The van der Waals surface area contributed by atoms with E-state index in [4.69, 9.17) is 0 Å². The molecular formula is C16H20N6O. The zero-order chi connectivity index (χ0) is 16.4. The summed E-state index contributed by atoms with van der Waals surface area (Å²) in [5, 5.41) is 19.2. The van der Waals surface area contributed by atoms with Crippen LogP contribution >= 0.6 is 0 Å². The summed E-state index contributed by atoms with van der Waals surface area (Å²) < 4.78 is 1.69. The lowest BCUT2D eigenvalue weighted by molar-refractivity contribution is 0.571. The number of hydrogen-bond donors (Lipinski definition) is 2. The van der Waals surface area contributed by atoms with Crippen LogP contribution < -0.4 is 11.0 Å². The fraction of sp³-hybridized carbons (Fsp3) is 0.500. The molecule has 1 aliphatic heterocycles. The number of nitrogens with one attached hydrogen (secondary N) is 2. The van der Waals surface area contributed by atoms with Crippen LogP contribution in [0.5, 0.6) is 0 Å². The number of hydrogen-bond acceptors (Lipinski definition) is 5. The maximum atomic E-state index is 11.7. The largest absolute Gasteiger partial charge is 0.366 e. The van der Waals surface area contributed by atoms with Crippen LogP contribution in [0, 0.1) is 11.3 Å². The molecule has 0 fully saturated rings. The SMILES string of the molecule is CC(C)c1ccc(C#N)c(NC2CCc3n[nH]c(=O)n3CC2)n1. The molecule has 0 aromatic carbocycles. The lowest BCUT2D eigenvalue weighted by Crippen LogP contribution is -2.23. The van der Waals surface area contributed by atoms with Crippen molar-refractivity contribution >= 4 is 5.82 Å².